The van der Waals surface area contributed by atoms with Crippen LogP contribution in [0.5, 0.6) is 0 Å². The third-order valence-corrected chi connectivity index (χ3v) is 6.00. The second-order valence-electron chi connectivity index (χ2n) is 6.55. The lowest BCUT2D eigenvalue weighted by molar-refractivity contribution is -0.116. The highest BCUT2D eigenvalue weighted by atomic mass is 79.9. The topological polar surface area (TPSA) is 70.0 Å². The number of halogens is 1. The molecule has 1 aromatic carbocycles. The highest BCUT2D eigenvalue weighted by Crippen LogP contribution is 2.30. The number of thioether (sulfide) groups is 1. The van der Waals surface area contributed by atoms with Crippen LogP contribution in [0.3, 0.4) is 0 Å². The number of nitrogens with zero attached hydrogens (tertiary/aromatic N) is 4. The number of fused-ring (bicyclic) bond motifs is 2. The molecule has 1 amide bonds. The van der Waals surface area contributed by atoms with Gasteiger partial charge in [-0.05, 0) is 36.8 Å². The zero-order valence-electron chi connectivity index (χ0n) is 15.4. The van der Waals surface area contributed by atoms with E-state index in [2.05, 4.69) is 33.2 Å². The molecule has 28 heavy (non-hydrogen) atoms. The molecular weight excluding hydrogens is 438 g/mol. The van der Waals surface area contributed by atoms with Crippen molar-refractivity contribution in [1.82, 2.24) is 15.3 Å². The Hall–Kier alpha value is -2.19. The maximum absolute atomic E-state index is 13.0. The van der Waals surface area contributed by atoms with Crippen molar-refractivity contribution in [2.24, 2.45) is 10.1 Å². The number of amides is 1. The molecule has 2 aromatic rings. The Bertz CT molecular complexity index is 1040. The van der Waals surface area contributed by atoms with Crippen molar-refractivity contribution in [3.8, 4) is 0 Å². The van der Waals surface area contributed by atoms with Crippen molar-refractivity contribution in [3.63, 3.8) is 0 Å². The summed E-state index contributed by atoms with van der Waals surface area (Å²) in [4.78, 5) is 22.0. The van der Waals surface area contributed by atoms with Gasteiger partial charge in [-0.3, -0.25) is 20.1 Å². The lowest BCUT2D eigenvalue weighted by atomic mass is 10.1. The van der Waals surface area contributed by atoms with Crippen molar-refractivity contribution < 1.29 is 4.79 Å². The van der Waals surface area contributed by atoms with Crippen LogP contribution >= 0.6 is 27.7 Å². The number of carbonyl (C=O) groups is 1. The van der Waals surface area contributed by atoms with Gasteiger partial charge in [0.25, 0.3) is 5.91 Å². The van der Waals surface area contributed by atoms with Gasteiger partial charge in [0.1, 0.15) is 5.70 Å². The van der Waals surface area contributed by atoms with Crippen molar-refractivity contribution in [1.29, 1.82) is 0 Å². The molecule has 8 heteroatoms. The number of amidine groups is 1. The molecule has 0 bridgehead atoms. The summed E-state index contributed by atoms with van der Waals surface area (Å²) in [6.07, 6.45) is 6.50. The van der Waals surface area contributed by atoms with Crippen LogP contribution in [-0.2, 0) is 4.79 Å². The first-order valence-corrected chi connectivity index (χ1v) is 11.0. The van der Waals surface area contributed by atoms with E-state index in [4.69, 9.17) is 10.1 Å². The fourth-order valence-corrected chi connectivity index (χ4v) is 4.40. The van der Waals surface area contributed by atoms with Gasteiger partial charge in [0.2, 0.25) is 0 Å². The van der Waals surface area contributed by atoms with Crippen LogP contribution < -0.4 is 15.9 Å². The molecule has 0 saturated carbocycles. The lowest BCUT2D eigenvalue weighted by Crippen LogP contribution is -2.50. The monoisotopic (exact) mass is 457 g/mol. The average Bonchev–Trinajstić information content (AvgIpc) is 2.71. The summed E-state index contributed by atoms with van der Waals surface area (Å²) < 4.78 is 0.896. The van der Waals surface area contributed by atoms with Crippen molar-refractivity contribution >= 4 is 44.5 Å². The van der Waals surface area contributed by atoms with Crippen LogP contribution in [0.2, 0.25) is 0 Å². The zero-order chi connectivity index (χ0) is 19.5. The number of unbranched alkanes of at least 4 members (excludes halogenated alkanes) is 2. The van der Waals surface area contributed by atoms with Crippen molar-refractivity contribution in [2.45, 2.75) is 32.4 Å². The van der Waals surface area contributed by atoms with E-state index in [-0.39, 0.29) is 5.91 Å². The van der Waals surface area contributed by atoms with Gasteiger partial charge in [0.15, 0.2) is 11.3 Å². The molecule has 0 radical (unpaired) electrons. The van der Waals surface area contributed by atoms with E-state index in [9.17, 15) is 4.79 Å². The van der Waals surface area contributed by atoms with Crippen LogP contribution in [0.4, 0.5) is 0 Å². The summed E-state index contributed by atoms with van der Waals surface area (Å²) in [6, 6.07) is 9.58. The number of aromatic nitrogens is 1. The molecule has 0 saturated heterocycles. The van der Waals surface area contributed by atoms with Gasteiger partial charge < -0.3 is 0 Å². The molecule has 4 rings (SSSR count). The number of pyridine rings is 1. The molecule has 0 spiro atoms. The van der Waals surface area contributed by atoms with Gasteiger partial charge in [0, 0.05) is 33.4 Å². The predicted octanol–water partition coefficient (Wildman–Crippen LogP) is 2.91. The summed E-state index contributed by atoms with van der Waals surface area (Å²) in [5, 5.41) is 11.6. The van der Waals surface area contributed by atoms with Crippen LogP contribution in [0.25, 0.3) is 5.70 Å². The van der Waals surface area contributed by atoms with Gasteiger partial charge in [-0.1, -0.05) is 47.5 Å². The first-order chi connectivity index (χ1) is 13.7. The molecule has 0 fully saturated rings. The normalized spacial score (nSPS) is 18.0. The van der Waals surface area contributed by atoms with E-state index in [0.29, 0.717) is 10.9 Å². The number of carbonyl (C=O) groups excluding carboxylic acids is 1. The molecule has 6 nitrogen and oxygen atoms in total. The van der Waals surface area contributed by atoms with Crippen molar-refractivity contribution in [3.05, 3.63) is 63.3 Å². The van der Waals surface area contributed by atoms with Gasteiger partial charge in [-0.15, -0.1) is 5.10 Å². The van der Waals surface area contributed by atoms with Crippen LogP contribution in [0.15, 0.2) is 57.3 Å². The smallest absolute Gasteiger partial charge is 0.276 e. The van der Waals surface area contributed by atoms with Crippen LogP contribution in [-0.4, -0.2) is 26.8 Å². The molecule has 3 heterocycles. The SMILES string of the molecule is CCCCCSC1=NN2C(=c3cc(Br)ccc3=NC2c2ccncc2)C(=O)N1. The molecule has 0 aliphatic carbocycles. The Labute approximate surface area is 176 Å². The molecule has 1 atom stereocenters. The Balaban J connectivity index is 1.79. The van der Waals surface area contributed by atoms with Gasteiger partial charge in [0.05, 0.1) is 5.36 Å². The summed E-state index contributed by atoms with van der Waals surface area (Å²) in [6.45, 7) is 2.18. The van der Waals surface area contributed by atoms with E-state index in [1.807, 2.05) is 30.3 Å². The zero-order valence-corrected chi connectivity index (χ0v) is 17.8. The summed E-state index contributed by atoms with van der Waals surface area (Å²) in [5.41, 5.74) is 1.46. The Morgan fingerprint density at radius 2 is 2.04 bits per heavy atom. The lowest BCUT2D eigenvalue weighted by Gasteiger charge is -2.34. The molecule has 1 N–H and O–H groups in total. The third kappa shape index (κ3) is 3.84. The average molecular weight is 458 g/mol. The number of benzene rings is 1. The molecule has 1 unspecified atom stereocenters. The largest absolute Gasteiger partial charge is 0.298 e. The molecule has 2 aliphatic heterocycles. The van der Waals surface area contributed by atoms with Crippen molar-refractivity contribution in [2.75, 3.05) is 5.75 Å². The fourth-order valence-electron chi connectivity index (χ4n) is 3.19. The highest BCUT2D eigenvalue weighted by molar-refractivity contribution is 9.10. The second-order valence-corrected chi connectivity index (χ2v) is 8.55. The molecule has 1 aromatic heterocycles. The number of hydrogen-bond acceptors (Lipinski definition) is 6. The number of nitrogens with one attached hydrogen (secondary N) is 1. The molecular formula is C20H20BrN5OS. The Kier molecular flexibility index (Phi) is 5.77. The number of rotatable bonds is 5. The summed E-state index contributed by atoms with van der Waals surface area (Å²) in [7, 11) is 0. The molecule has 2 aliphatic rings. The van der Waals surface area contributed by atoms with Gasteiger partial charge in [-0.2, -0.15) is 0 Å². The maximum Gasteiger partial charge on any atom is 0.276 e. The highest BCUT2D eigenvalue weighted by Gasteiger charge is 2.34. The van der Waals surface area contributed by atoms with E-state index in [1.54, 1.807) is 29.2 Å². The number of hydrogen-bond donors (Lipinski definition) is 1. The minimum atomic E-state index is -0.399. The minimum absolute atomic E-state index is 0.152. The fraction of sp³-hybridized carbons (Fsp3) is 0.300. The number of hydrazone groups is 1. The molecule has 144 valence electrons. The van der Waals surface area contributed by atoms with Gasteiger partial charge in [-0.25, -0.2) is 5.01 Å². The third-order valence-electron chi connectivity index (χ3n) is 4.56. The van der Waals surface area contributed by atoms with E-state index < -0.39 is 6.17 Å². The maximum atomic E-state index is 13.0. The summed E-state index contributed by atoms with van der Waals surface area (Å²) >= 11 is 5.07. The first-order valence-electron chi connectivity index (χ1n) is 9.27. The van der Waals surface area contributed by atoms with E-state index in [0.717, 1.165) is 39.2 Å². The Morgan fingerprint density at radius 3 is 2.82 bits per heavy atom. The van der Waals surface area contributed by atoms with E-state index >= 15 is 0 Å². The first kappa shape index (κ1) is 19.1. The van der Waals surface area contributed by atoms with Crippen LogP contribution in [0, 0.1) is 0 Å². The van der Waals surface area contributed by atoms with Gasteiger partial charge >= 0.3 is 0 Å². The van der Waals surface area contributed by atoms with E-state index in [1.165, 1.54) is 6.42 Å². The summed E-state index contributed by atoms with van der Waals surface area (Å²) in [5.74, 6) is 0.774. The Morgan fingerprint density at radius 1 is 1.21 bits per heavy atom. The standard InChI is InChI=1S/C20H20BrN5OS/c1-2-3-4-11-28-20-24-19(27)17-15-12-14(21)5-6-16(15)23-18(26(17)25-20)13-7-9-22-10-8-13/h5-10,12,18H,2-4,11H2,1H3,(H,24,25,27). The minimum Gasteiger partial charge on any atom is -0.298 e. The predicted molar refractivity (Wildman–Crippen MR) is 115 cm³/mol. The second kappa shape index (κ2) is 8.45. The van der Waals surface area contributed by atoms with Crippen LogP contribution in [0.1, 0.15) is 37.9 Å². The quantitative estimate of drug-likeness (QED) is 0.700.